The number of amides is 1. The van der Waals surface area contributed by atoms with Crippen LogP contribution in [0.4, 0.5) is 5.69 Å². The number of aliphatic imine (C=N–C) groups is 1. The Hall–Kier alpha value is -2.35. The number of amidine groups is 1. The van der Waals surface area contributed by atoms with Crippen LogP contribution in [0, 0.1) is 0 Å². The molecular weight excluding hydrogens is 443 g/mol. The summed E-state index contributed by atoms with van der Waals surface area (Å²) in [6, 6.07) is 12.1. The lowest BCUT2D eigenvalue weighted by molar-refractivity contribution is 0.0813. The van der Waals surface area contributed by atoms with E-state index in [1.165, 1.54) is 16.4 Å². The summed E-state index contributed by atoms with van der Waals surface area (Å²) >= 11 is 13.6. The van der Waals surface area contributed by atoms with Crippen molar-refractivity contribution in [3.05, 3.63) is 68.6 Å². The van der Waals surface area contributed by atoms with Gasteiger partial charge in [0.05, 0.1) is 21.1 Å². The third-order valence-corrected chi connectivity index (χ3v) is 6.79. The van der Waals surface area contributed by atoms with Crippen molar-refractivity contribution in [2.45, 2.75) is 19.4 Å². The van der Waals surface area contributed by atoms with Crippen LogP contribution in [0.15, 0.2) is 52.3 Å². The second-order valence-electron chi connectivity index (χ2n) is 6.86. The van der Waals surface area contributed by atoms with Gasteiger partial charge in [-0.05, 0) is 30.7 Å². The number of halogens is 2. The molecule has 1 aromatic heterocycles. The van der Waals surface area contributed by atoms with Crippen LogP contribution in [-0.2, 0) is 7.05 Å². The Morgan fingerprint density at radius 1 is 1.20 bits per heavy atom. The van der Waals surface area contributed by atoms with Gasteiger partial charge in [0.2, 0.25) is 0 Å². The lowest BCUT2D eigenvalue weighted by Gasteiger charge is -2.23. The molecule has 2 heterocycles. The summed E-state index contributed by atoms with van der Waals surface area (Å²) < 4.78 is 1.20. The molecule has 1 fully saturated rings. The summed E-state index contributed by atoms with van der Waals surface area (Å²) in [7, 11) is 1.55. The zero-order valence-corrected chi connectivity index (χ0v) is 18.6. The molecule has 30 heavy (non-hydrogen) atoms. The van der Waals surface area contributed by atoms with Gasteiger partial charge in [0.25, 0.3) is 11.5 Å². The van der Waals surface area contributed by atoms with Crippen molar-refractivity contribution in [3.8, 4) is 0 Å². The second kappa shape index (κ2) is 8.41. The van der Waals surface area contributed by atoms with Gasteiger partial charge in [-0.3, -0.25) is 14.5 Å². The number of hydrogen-bond acceptors (Lipinski definition) is 5. The highest BCUT2D eigenvalue weighted by Gasteiger charge is 2.36. The van der Waals surface area contributed by atoms with Crippen molar-refractivity contribution < 1.29 is 4.79 Å². The zero-order valence-electron chi connectivity index (χ0n) is 16.3. The lowest BCUT2D eigenvalue weighted by atomic mass is 10.1. The van der Waals surface area contributed by atoms with E-state index in [1.54, 1.807) is 54.4 Å². The Labute approximate surface area is 187 Å². The van der Waals surface area contributed by atoms with Gasteiger partial charge in [-0.1, -0.05) is 60.1 Å². The highest BCUT2D eigenvalue weighted by Crippen LogP contribution is 2.33. The summed E-state index contributed by atoms with van der Waals surface area (Å²) in [5, 5.41) is 6.70. The van der Waals surface area contributed by atoms with Crippen LogP contribution >= 0.6 is 35.0 Å². The molecule has 3 aromatic rings. The van der Waals surface area contributed by atoms with Crippen LogP contribution in [0.2, 0.25) is 10.0 Å². The smallest absolute Gasteiger partial charge is 0.281 e. The highest BCUT2D eigenvalue weighted by atomic mass is 35.5. The van der Waals surface area contributed by atoms with E-state index in [4.69, 9.17) is 23.2 Å². The van der Waals surface area contributed by atoms with E-state index in [0.717, 1.165) is 12.2 Å². The number of carbonyl (C=O) groups is 1. The van der Waals surface area contributed by atoms with Gasteiger partial charge in [-0.25, -0.2) is 9.67 Å². The van der Waals surface area contributed by atoms with Crippen molar-refractivity contribution in [2.24, 2.45) is 12.0 Å². The summed E-state index contributed by atoms with van der Waals surface area (Å²) in [4.78, 5) is 32.4. The molecule has 1 aliphatic heterocycles. The summed E-state index contributed by atoms with van der Waals surface area (Å²) in [6.45, 7) is 2.03. The molecule has 1 unspecified atom stereocenters. The standard InChI is InChI=1S/C21H18Cl2N4O2S/c1-3-13-11-30-21(24-12-8-9-16(22)17(23)10-12)27(13)20(29)18-14-6-4-5-7-15(14)19(28)26(2)25-18/h4-10,13H,3,11H2,1-2H3. The minimum atomic E-state index is -0.280. The van der Waals surface area contributed by atoms with E-state index in [9.17, 15) is 9.59 Å². The summed E-state index contributed by atoms with van der Waals surface area (Å²) in [5.41, 5.74) is 0.602. The van der Waals surface area contributed by atoms with Gasteiger partial charge in [-0.15, -0.1) is 0 Å². The SMILES string of the molecule is CCC1CSC(=Nc2ccc(Cl)c(Cl)c2)N1C(=O)c1nn(C)c(=O)c2ccccc12. The quantitative estimate of drug-likeness (QED) is 0.557. The lowest BCUT2D eigenvalue weighted by Crippen LogP contribution is -2.40. The average molecular weight is 461 g/mol. The van der Waals surface area contributed by atoms with Crippen molar-refractivity contribution in [3.63, 3.8) is 0 Å². The monoisotopic (exact) mass is 460 g/mol. The minimum Gasteiger partial charge on any atom is -0.282 e. The van der Waals surface area contributed by atoms with Gasteiger partial charge < -0.3 is 0 Å². The summed E-state index contributed by atoms with van der Waals surface area (Å²) in [6.07, 6.45) is 0.767. The molecule has 0 radical (unpaired) electrons. The first-order valence-corrected chi connectivity index (χ1v) is 11.1. The van der Waals surface area contributed by atoms with E-state index in [2.05, 4.69) is 10.1 Å². The third-order valence-electron chi connectivity index (χ3n) is 4.95. The first kappa shape index (κ1) is 20.9. The van der Waals surface area contributed by atoms with Crippen molar-refractivity contribution >= 4 is 62.5 Å². The first-order chi connectivity index (χ1) is 14.4. The largest absolute Gasteiger partial charge is 0.282 e. The maximum atomic E-state index is 13.6. The molecule has 0 saturated carbocycles. The molecule has 1 aliphatic rings. The Kier molecular flexibility index (Phi) is 5.86. The fourth-order valence-corrected chi connectivity index (χ4v) is 4.91. The molecule has 154 valence electrons. The topological polar surface area (TPSA) is 67.6 Å². The number of fused-ring (bicyclic) bond motifs is 1. The molecule has 1 atom stereocenters. The molecule has 0 bridgehead atoms. The Bertz CT molecular complexity index is 1240. The molecule has 4 rings (SSSR count). The normalized spacial score (nSPS) is 17.8. The van der Waals surface area contributed by atoms with Gasteiger partial charge in [-0.2, -0.15) is 5.10 Å². The average Bonchev–Trinajstić information content (AvgIpc) is 3.15. The van der Waals surface area contributed by atoms with Crippen LogP contribution < -0.4 is 5.56 Å². The fraction of sp³-hybridized carbons (Fsp3) is 0.238. The molecule has 0 N–H and O–H groups in total. The van der Waals surface area contributed by atoms with Crippen molar-refractivity contribution in [1.82, 2.24) is 14.7 Å². The molecule has 0 aliphatic carbocycles. The Morgan fingerprint density at radius 2 is 1.93 bits per heavy atom. The van der Waals surface area contributed by atoms with Crippen LogP contribution in [0.25, 0.3) is 10.8 Å². The van der Waals surface area contributed by atoms with Gasteiger partial charge in [0, 0.05) is 24.2 Å². The Morgan fingerprint density at radius 3 is 2.63 bits per heavy atom. The molecule has 1 saturated heterocycles. The number of aryl methyl sites for hydroxylation is 1. The predicted molar refractivity (Wildman–Crippen MR) is 123 cm³/mol. The van der Waals surface area contributed by atoms with E-state index < -0.39 is 0 Å². The fourth-order valence-electron chi connectivity index (χ4n) is 3.35. The number of nitrogens with zero attached hydrogens (tertiary/aromatic N) is 4. The highest BCUT2D eigenvalue weighted by molar-refractivity contribution is 8.14. The van der Waals surface area contributed by atoms with Crippen LogP contribution in [-0.4, -0.2) is 37.5 Å². The predicted octanol–water partition coefficient (Wildman–Crippen LogP) is 4.90. The van der Waals surface area contributed by atoms with E-state index >= 15 is 0 Å². The second-order valence-corrected chi connectivity index (χ2v) is 8.67. The van der Waals surface area contributed by atoms with Crippen LogP contribution in [0.1, 0.15) is 23.8 Å². The number of thioether (sulfide) groups is 1. The maximum Gasteiger partial charge on any atom is 0.281 e. The van der Waals surface area contributed by atoms with Gasteiger partial charge >= 0.3 is 0 Å². The molecule has 6 nitrogen and oxygen atoms in total. The molecule has 9 heteroatoms. The molecular formula is C21H18Cl2N4O2S. The number of rotatable bonds is 3. The minimum absolute atomic E-state index is 0.0261. The number of carbonyl (C=O) groups excluding carboxylic acids is 1. The van der Waals surface area contributed by atoms with Crippen molar-refractivity contribution in [1.29, 1.82) is 0 Å². The zero-order chi connectivity index (χ0) is 21.4. The number of hydrogen-bond donors (Lipinski definition) is 0. The molecule has 2 aromatic carbocycles. The van der Waals surface area contributed by atoms with E-state index in [-0.39, 0.29) is 23.2 Å². The molecule has 0 spiro atoms. The van der Waals surface area contributed by atoms with E-state index in [1.807, 2.05) is 6.92 Å². The van der Waals surface area contributed by atoms with Crippen LogP contribution in [0.3, 0.4) is 0 Å². The number of aromatic nitrogens is 2. The third kappa shape index (κ3) is 3.73. The van der Waals surface area contributed by atoms with Gasteiger partial charge in [0.15, 0.2) is 10.9 Å². The van der Waals surface area contributed by atoms with Crippen LogP contribution in [0.5, 0.6) is 0 Å². The first-order valence-electron chi connectivity index (χ1n) is 9.37. The number of benzene rings is 2. The Balaban J connectivity index is 1.82. The summed E-state index contributed by atoms with van der Waals surface area (Å²) in [5.74, 6) is 0.448. The van der Waals surface area contributed by atoms with Gasteiger partial charge in [0.1, 0.15) is 0 Å². The van der Waals surface area contributed by atoms with Crippen molar-refractivity contribution in [2.75, 3.05) is 5.75 Å². The molecule has 1 amide bonds. The van der Waals surface area contributed by atoms with E-state index in [0.29, 0.717) is 31.7 Å². The maximum absolute atomic E-state index is 13.6.